The zero-order chi connectivity index (χ0) is 17.5. The number of nitrogens with one attached hydrogen (secondary N) is 1. The summed E-state index contributed by atoms with van der Waals surface area (Å²) in [4.78, 5) is 6.89. The van der Waals surface area contributed by atoms with Crippen LogP contribution in [0.25, 0.3) is 0 Å². The summed E-state index contributed by atoms with van der Waals surface area (Å²) in [5.41, 5.74) is 1.23. The molecule has 0 bridgehead atoms. The highest BCUT2D eigenvalue weighted by Gasteiger charge is 2.04. The number of ether oxygens (including phenoxy) is 1. The highest BCUT2D eigenvalue weighted by atomic mass is 16.5. The Kier molecular flexibility index (Phi) is 11.5. The van der Waals surface area contributed by atoms with E-state index in [4.69, 9.17) is 9.73 Å². The number of allylic oxidation sites excluding steroid dienone is 1. The number of benzene rings is 1. The van der Waals surface area contributed by atoms with E-state index in [1.54, 1.807) is 0 Å². The van der Waals surface area contributed by atoms with Crippen LogP contribution in [0.15, 0.2) is 48.0 Å². The summed E-state index contributed by atoms with van der Waals surface area (Å²) in [6.07, 6.45) is 6.20. The van der Waals surface area contributed by atoms with Crippen LogP contribution in [0.2, 0.25) is 0 Å². The Bertz CT molecular complexity index is 459. The lowest BCUT2D eigenvalue weighted by atomic mass is 10.2. The first-order valence-electron chi connectivity index (χ1n) is 9.00. The highest BCUT2D eigenvalue weighted by Crippen LogP contribution is 2.02. The molecule has 0 amide bonds. The van der Waals surface area contributed by atoms with Gasteiger partial charge < -0.3 is 15.0 Å². The van der Waals surface area contributed by atoms with E-state index in [0.29, 0.717) is 6.61 Å². The molecule has 1 rings (SSSR count). The van der Waals surface area contributed by atoms with E-state index in [2.05, 4.69) is 42.9 Å². The SMILES string of the molecule is C=CCCCN(C)C(=NCCCCOCc1ccccc1)NCC. The van der Waals surface area contributed by atoms with Crippen molar-refractivity contribution in [1.82, 2.24) is 10.2 Å². The number of unbranched alkanes of at least 4 members (excludes halogenated alkanes) is 2. The van der Waals surface area contributed by atoms with E-state index in [1.165, 1.54) is 5.56 Å². The molecule has 0 saturated carbocycles. The normalized spacial score (nSPS) is 11.3. The number of nitrogens with zero attached hydrogens (tertiary/aromatic N) is 2. The van der Waals surface area contributed by atoms with Gasteiger partial charge in [0.15, 0.2) is 5.96 Å². The summed E-state index contributed by atoms with van der Waals surface area (Å²) in [5.74, 6) is 0.992. The Balaban J connectivity index is 2.18. The first kappa shape index (κ1) is 20.2. The average molecular weight is 332 g/mol. The fourth-order valence-electron chi connectivity index (χ4n) is 2.31. The molecule has 0 atom stereocenters. The maximum absolute atomic E-state index is 5.70. The molecule has 4 heteroatoms. The number of hydrogen-bond donors (Lipinski definition) is 1. The summed E-state index contributed by atoms with van der Waals surface area (Å²) in [5, 5.41) is 3.35. The van der Waals surface area contributed by atoms with Crippen molar-refractivity contribution in [1.29, 1.82) is 0 Å². The van der Waals surface area contributed by atoms with Gasteiger partial charge in [0.1, 0.15) is 0 Å². The van der Waals surface area contributed by atoms with Crippen molar-refractivity contribution in [3.63, 3.8) is 0 Å². The fourth-order valence-corrected chi connectivity index (χ4v) is 2.31. The molecule has 0 saturated heterocycles. The molecule has 0 aliphatic heterocycles. The second-order valence-corrected chi connectivity index (χ2v) is 5.83. The molecule has 0 fully saturated rings. The minimum atomic E-state index is 0.693. The van der Waals surface area contributed by atoms with Gasteiger partial charge in [0.25, 0.3) is 0 Å². The molecular weight excluding hydrogens is 298 g/mol. The molecule has 0 spiro atoms. The number of aliphatic imine (C=N–C) groups is 1. The van der Waals surface area contributed by atoms with Crippen LogP contribution in [-0.2, 0) is 11.3 Å². The van der Waals surface area contributed by atoms with Gasteiger partial charge in [-0.2, -0.15) is 0 Å². The molecule has 0 aliphatic rings. The van der Waals surface area contributed by atoms with Crippen molar-refractivity contribution in [2.45, 2.75) is 39.2 Å². The van der Waals surface area contributed by atoms with Gasteiger partial charge in [-0.25, -0.2) is 0 Å². The summed E-state index contributed by atoms with van der Waals surface area (Å²) < 4.78 is 5.70. The van der Waals surface area contributed by atoms with Crippen molar-refractivity contribution in [3.05, 3.63) is 48.6 Å². The number of guanidine groups is 1. The number of hydrogen-bond acceptors (Lipinski definition) is 2. The lowest BCUT2D eigenvalue weighted by molar-refractivity contribution is 0.117. The Morgan fingerprint density at radius 2 is 2.04 bits per heavy atom. The van der Waals surface area contributed by atoms with Crippen LogP contribution >= 0.6 is 0 Å². The lowest BCUT2D eigenvalue weighted by Gasteiger charge is -2.21. The summed E-state index contributed by atoms with van der Waals surface area (Å²) in [6.45, 7) is 10.1. The van der Waals surface area contributed by atoms with E-state index in [1.807, 2.05) is 24.3 Å². The van der Waals surface area contributed by atoms with Gasteiger partial charge in [0.05, 0.1) is 6.61 Å². The zero-order valence-electron chi connectivity index (χ0n) is 15.3. The van der Waals surface area contributed by atoms with Crippen molar-refractivity contribution >= 4 is 5.96 Å². The van der Waals surface area contributed by atoms with Crippen molar-refractivity contribution in [3.8, 4) is 0 Å². The van der Waals surface area contributed by atoms with Gasteiger partial charge in [-0.05, 0) is 38.2 Å². The Morgan fingerprint density at radius 1 is 1.25 bits per heavy atom. The molecule has 0 radical (unpaired) electrons. The smallest absolute Gasteiger partial charge is 0.193 e. The van der Waals surface area contributed by atoms with E-state index in [9.17, 15) is 0 Å². The minimum Gasteiger partial charge on any atom is -0.377 e. The molecule has 134 valence electrons. The summed E-state index contributed by atoms with van der Waals surface area (Å²) in [7, 11) is 2.09. The van der Waals surface area contributed by atoms with Crippen LogP contribution < -0.4 is 5.32 Å². The maximum atomic E-state index is 5.70. The second-order valence-electron chi connectivity index (χ2n) is 5.83. The van der Waals surface area contributed by atoms with Gasteiger partial charge >= 0.3 is 0 Å². The van der Waals surface area contributed by atoms with Crippen LogP contribution in [0, 0.1) is 0 Å². The van der Waals surface area contributed by atoms with Gasteiger partial charge in [-0.15, -0.1) is 6.58 Å². The van der Waals surface area contributed by atoms with Crippen LogP contribution in [0.5, 0.6) is 0 Å². The topological polar surface area (TPSA) is 36.9 Å². The molecule has 4 nitrogen and oxygen atoms in total. The Hall–Kier alpha value is -1.81. The van der Waals surface area contributed by atoms with Gasteiger partial charge in [-0.1, -0.05) is 36.4 Å². The Morgan fingerprint density at radius 3 is 2.75 bits per heavy atom. The summed E-state index contributed by atoms with van der Waals surface area (Å²) in [6, 6.07) is 10.3. The molecule has 1 aromatic carbocycles. The van der Waals surface area contributed by atoms with Crippen LogP contribution in [0.4, 0.5) is 0 Å². The van der Waals surface area contributed by atoms with Crippen molar-refractivity contribution < 1.29 is 4.74 Å². The molecule has 24 heavy (non-hydrogen) atoms. The molecule has 0 aliphatic carbocycles. The largest absolute Gasteiger partial charge is 0.377 e. The highest BCUT2D eigenvalue weighted by molar-refractivity contribution is 5.79. The molecule has 0 unspecified atom stereocenters. The van der Waals surface area contributed by atoms with Gasteiger partial charge in [0, 0.05) is 33.3 Å². The van der Waals surface area contributed by atoms with Crippen molar-refractivity contribution in [2.75, 3.05) is 33.3 Å². The number of rotatable bonds is 12. The first-order valence-corrected chi connectivity index (χ1v) is 9.00. The molecule has 0 aromatic heterocycles. The third kappa shape index (κ3) is 9.36. The van der Waals surface area contributed by atoms with E-state index < -0.39 is 0 Å². The monoisotopic (exact) mass is 331 g/mol. The van der Waals surface area contributed by atoms with Crippen LogP contribution in [0.1, 0.15) is 38.2 Å². The molecule has 1 N–H and O–H groups in total. The zero-order valence-corrected chi connectivity index (χ0v) is 15.3. The second kappa shape index (κ2) is 13.6. The summed E-state index contributed by atoms with van der Waals surface area (Å²) >= 11 is 0. The minimum absolute atomic E-state index is 0.693. The first-order chi connectivity index (χ1) is 11.8. The van der Waals surface area contributed by atoms with E-state index in [0.717, 1.165) is 57.9 Å². The van der Waals surface area contributed by atoms with Crippen LogP contribution in [0.3, 0.4) is 0 Å². The average Bonchev–Trinajstić information content (AvgIpc) is 2.61. The van der Waals surface area contributed by atoms with E-state index in [-0.39, 0.29) is 0 Å². The molecule has 0 heterocycles. The standard InChI is InChI=1S/C20H33N3O/c1-4-6-11-16-23(3)20(21-5-2)22-15-10-12-17-24-18-19-13-8-7-9-14-19/h4,7-9,13-14H,1,5-6,10-12,15-18H2,2-3H3,(H,21,22). The predicted octanol–water partition coefficient (Wildman–Crippen LogP) is 3.85. The lowest BCUT2D eigenvalue weighted by Crippen LogP contribution is -2.39. The third-order valence-electron chi connectivity index (χ3n) is 3.67. The van der Waals surface area contributed by atoms with Crippen molar-refractivity contribution in [2.24, 2.45) is 4.99 Å². The molecular formula is C20H33N3O. The maximum Gasteiger partial charge on any atom is 0.193 e. The molecule has 1 aromatic rings. The Labute approximate surface area is 147 Å². The van der Waals surface area contributed by atoms with E-state index >= 15 is 0 Å². The predicted molar refractivity (Wildman–Crippen MR) is 103 cm³/mol. The van der Waals surface area contributed by atoms with Gasteiger partial charge in [-0.3, -0.25) is 4.99 Å². The third-order valence-corrected chi connectivity index (χ3v) is 3.67. The fraction of sp³-hybridized carbons (Fsp3) is 0.550. The van der Waals surface area contributed by atoms with Crippen LogP contribution in [-0.4, -0.2) is 44.1 Å². The van der Waals surface area contributed by atoms with Gasteiger partial charge in [0.2, 0.25) is 0 Å². The quantitative estimate of drug-likeness (QED) is 0.274.